The fraction of sp³-hybridized carbons (Fsp3) is 0.588. The molecule has 0 aromatic heterocycles. The highest BCUT2D eigenvalue weighted by atomic mass is 35.5. The molecular weight excluding hydrogens is 333 g/mol. The molecule has 2 aliphatic rings. The van der Waals surface area contributed by atoms with Crippen LogP contribution in [-0.4, -0.2) is 43.5 Å². The molecule has 0 atom stereocenters. The van der Waals surface area contributed by atoms with Gasteiger partial charge in [-0.1, -0.05) is 29.8 Å². The van der Waals surface area contributed by atoms with Crippen molar-refractivity contribution in [2.75, 3.05) is 32.7 Å². The molecule has 128 valence electrons. The van der Waals surface area contributed by atoms with Gasteiger partial charge in [-0.05, 0) is 43.5 Å². The molecule has 0 aliphatic carbocycles. The van der Waals surface area contributed by atoms with Crippen LogP contribution in [0.4, 0.5) is 0 Å². The fourth-order valence-electron chi connectivity index (χ4n) is 3.08. The molecule has 0 unspecified atom stereocenters. The fourth-order valence-corrected chi connectivity index (χ4v) is 3.28. The Labute approximate surface area is 149 Å². The second-order valence-electron chi connectivity index (χ2n) is 6.41. The monoisotopic (exact) mass is 357 g/mol. The van der Waals surface area contributed by atoms with Gasteiger partial charge in [0, 0.05) is 31.2 Å². The standard InChI is InChI=1S/C17H24ClN3O.ClH/c18-16-4-2-1-3-14(16)12-21-7-5-13(6-8-21)9-20-17(22)15-10-19-11-15;/h1-4,13,15,19H,5-12H2,(H,20,22);1H. The van der Waals surface area contributed by atoms with Crippen molar-refractivity contribution in [1.29, 1.82) is 0 Å². The minimum atomic E-state index is 0. The molecule has 1 amide bonds. The molecule has 2 saturated heterocycles. The quantitative estimate of drug-likeness (QED) is 0.849. The number of hydrogen-bond acceptors (Lipinski definition) is 3. The Morgan fingerprint density at radius 2 is 1.96 bits per heavy atom. The van der Waals surface area contributed by atoms with Gasteiger partial charge in [-0.3, -0.25) is 9.69 Å². The SMILES string of the molecule is Cl.O=C(NCC1CCN(Cc2ccccc2Cl)CC1)C1CNC1. The van der Waals surface area contributed by atoms with Crippen molar-refractivity contribution in [3.63, 3.8) is 0 Å². The van der Waals surface area contributed by atoms with Gasteiger partial charge < -0.3 is 10.6 Å². The maximum Gasteiger partial charge on any atom is 0.225 e. The molecule has 2 fully saturated rings. The summed E-state index contributed by atoms with van der Waals surface area (Å²) >= 11 is 6.23. The van der Waals surface area contributed by atoms with Gasteiger partial charge in [-0.15, -0.1) is 12.4 Å². The van der Waals surface area contributed by atoms with Crippen LogP contribution in [0.25, 0.3) is 0 Å². The number of carbonyl (C=O) groups excluding carboxylic acids is 1. The van der Waals surface area contributed by atoms with E-state index in [4.69, 9.17) is 11.6 Å². The highest BCUT2D eigenvalue weighted by Crippen LogP contribution is 2.22. The number of amides is 1. The topological polar surface area (TPSA) is 44.4 Å². The second-order valence-corrected chi connectivity index (χ2v) is 6.82. The van der Waals surface area contributed by atoms with Crippen molar-refractivity contribution < 1.29 is 4.79 Å². The van der Waals surface area contributed by atoms with E-state index in [1.807, 2.05) is 18.2 Å². The lowest BCUT2D eigenvalue weighted by Gasteiger charge is -2.33. The Morgan fingerprint density at radius 3 is 2.57 bits per heavy atom. The van der Waals surface area contributed by atoms with E-state index in [-0.39, 0.29) is 24.2 Å². The van der Waals surface area contributed by atoms with E-state index in [1.54, 1.807) is 0 Å². The molecule has 3 rings (SSSR count). The molecule has 1 aromatic rings. The smallest absolute Gasteiger partial charge is 0.225 e. The van der Waals surface area contributed by atoms with Gasteiger partial charge in [0.15, 0.2) is 0 Å². The van der Waals surface area contributed by atoms with E-state index in [9.17, 15) is 4.79 Å². The largest absolute Gasteiger partial charge is 0.356 e. The Kier molecular flexibility index (Phi) is 7.15. The number of nitrogens with zero attached hydrogens (tertiary/aromatic N) is 1. The minimum Gasteiger partial charge on any atom is -0.356 e. The van der Waals surface area contributed by atoms with Crippen molar-refractivity contribution in [1.82, 2.24) is 15.5 Å². The van der Waals surface area contributed by atoms with Crippen LogP contribution in [-0.2, 0) is 11.3 Å². The molecule has 2 heterocycles. The Morgan fingerprint density at radius 1 is 1.26 bits per heavy atom. The number of benzene rings is 1. The van der Waals surface area contributed by atoms with E-state index in [1.165, 1.54) is 5.56 Å². The molecule has 1 aromatic carbocycles. The summed E-state index contributed by atoms with van der Waals surface area (Å²) < 4.78 is 0. The summed E-state index contributed by atoms with van der Waals surface area (Å²) in [5.74, 6) is 1.03. The number of carbonyl (C=O) groups is 1. The molecule has 6 heteroatoms. The lowest BCUT2D eigenvalue weighted by Crippen LogP contribution is -2.51. The molecule has 0 bridgehead atoms. The van der Waals surface area contributed by atoms with Crippen LogP contribution in [0.2, 0.25) is 5.02 Å². The predicted molar refractivity (Wildman–Crippen MR) is 96.1 cm³/mol. The van der Waals surface area contributed by atoms with Crippen molar-refractivity contribution in [3.8, 4) is 0 Å². The average Bonchev–Trinajstić information content (AvgIpc) is 2.47. The van der Waals surface area contributed by atoms with Crippen LogP contribution in [0.15, 0.2) is 24.3 Å². The van der Waals surface area contributed by atoms with Gasteiger partial charge in [0.05, 0.1) is 5.92 Å². The molecule has 4 nitrogen and oxygen atoms in total. The first-order valence-corrected chi connectivity index (χ1v) is 8.54. The zero-order chi connectivity index (χ0) is 15.4. The predicted octanol–water partition coefficient (Wildman–Crippen LogP) is 2.31. The van der Waals surface area contributed by atoms with Crippen LogP contribution in [0.3, 0.4) is 0 Å². The summed E-state index contributed by atoms with van der Waals surface area (Å²) in [4.78, 5) is 14.3. The normalized spacial score (nSPS) is 19.7. The van der Waals surface area contributed by atoms with E-state index in [0.717, 1.165) is 57.1 Å². The average molecular weight is 358 g/mol. The number of rotatable bonds is 5. The number of piperidine rings is 1. The van der Waals surface area contributed by atoms with E-state index in [0.29, 0.717) is 5.92 Å². The van der Waals surface area contributed by atoms with E-state index in [2.05, 4.69) is 21.6 Å². The van der Waals surface area contributed by atoms with Gasteiger partial charge in [0.25, 0.3) is 0 Å². The van der Waals surface area contributed by atoms with Crippen LogP contribution in [0.1, 0.15) is 18.4 Å². The zero-order valence-corrected chi connectivity index (χ0v) is 14.8. The van der Waals surface area contributed by atoms with Crippen LogP contribution < -0.4 is 10.6 Å². The second kappa shape index (κ2) is 8.88. The van der Waals surface area contributed by atoms with Gasteiger partial charge in [-0.2, -0.15) is 0 Å². The zero-order valence-electron chi connectivity index (χ0n) is 13.3. The first-order valence-electron chi connectivity index (χ1n) is 8.16. The lowest BCUT2D eigenvalue weighted by atomic mass is 9.95. The number of nitrogens with one attached hydrogen (secondary N) is 2. The maximum absolute atomic E-state index is 11.8. The molecular formula is C17H25Cl2N3O. The van der Waals surface area contributed by atoms with Crippen molar-refractivity contribution in [3.05, 3.63) is 34.9 Å². The van der Waals surface area contributed by atoms with Gasteiger partial charge in [0.2, 0.25) is 5.91 Å². The summed E-state index contributed by atoms with van der Waals surface area (Å²) in [7, 11) is 0. The summed E-state index contributed by atoms with van der Waals surface area (Å²) in [5, 5.41) is 7.10. The van der Waals surface area contributed by atoms with Gasteiger partial charge >= 0.3 is 0 Å². The van der Waals surface area contributed by atoms with Crippen molar-refractivity contribution in [2.45, 2.75) is 19.4 Å². The van der Waals surface area contributed by atoms with E-state index < -0.39 is 0 Å². The highest BCUT2D eigenvalue weighted by molar-refractivity contribution is 6.31. The molecule has 2 aliphatic heterocycles. The van der Waals surface area contributed by atoms with Crippen molar-refractivity contribution >= 4 is 29.9 Å². The molecule has 23 heavy (non-hydrogen) atoms. The van der Waals surface area contributed by atoms with Crippen LogP contribution >= 0.6 is 24.0 Å². The third kappa shape index (κ3) is 5.08. The number of hydrogen-bond donors (Lipinski definition) is 2. The highest BCUT2D eigenvalue weighted by Gasteiger charge is 2.26. The van der Waals surface area contributed by atoms with Crippen molar-refractivity contribution in [2.24, 2.45) is 11.8 Å². The van der Waals surface area contributed by atoms with Crippen LogP contribution in [0.5, 0.6) is 0 Å². The maximum atomic E-state index is 11.8. The first-order chi connectivity index (χ1) is 10.7. The molecule has 0 radical (unpaired) electrons. The first kappa shape index (κ1) is 18.5. The summed E-state index contributed by atoms with van der Waals surface area (Å²) in [6.45, 7) is 5.58. The Balaban J connectivity index is 0.00000192. The summed E-state index contributed by atoms with van der Waals surface area (Å²) in [6, 6.07) is 8.06. The summed E-state index contributed by atoms with van der Waals surface area (Å²) in [5.41, 5.74) is 1.20. The third-order valence-electron chi connectivity index (χ3n) is 4.78. The van der Waals surface area contributed by atoms with E-state index >= 15 is 0 Å². The van der Waals surface area contributed by atoms with Crippen LogP contribution in [0, 0.1) is 11.8 Å². The molecule has 0 spiro atoms. The Bertz CT molecular complexity index is 514. The third-order valence-corrected chi connectivity index (χ3v) is 5.14. The molecule has 0 saturated carbocycles. The van der Waals surface area contributed by atoms with Gasteiger partial charge in [0.1, 0.15) is 0 Å². The minimum absolute atomic E-state index is 0. The molecule has 2 N–H and O–H groups in total. The summed E-state index contributed by atoms with van der Waals surface area (Å²) in [6.07, 6.45) is 2.29. The number of likely N-dealkylation sites (tertiary alicyclic amines) is 1. The lowest BCUT2D eigenvalue weighted by molar-refractivity contribution is -0.126. The van der Waals surface area contributed by atoms with Gasteiger partial charge in [-0.25, -0.2) is 0 Å². The Hall–Kier alpha value is -0.810. The number of halogens is 2.